The molecule has 17 heavy (non-hydrogen) atoms. The molecule has 0 aliphatic rings. The lowest BCUT2D eigenvalue weighted by atomic mass is 10.1. The monoisotopic (exact) mass is 233 g/mol. The topological polar surface area (TPSA) is 55.4 Å². The SMILES string of the molecule is COC(=O)/C(=C/c1ccccc1C)NC(C)=O. The fourth-order valence-corrected chi connectivity index (χ4v) is 1.35. The van der Waals surface area contributed by atoms with Crippen molar-refractivity contribution < 1.29 is 14.3 Å². The maximum absolute atomic E-state index is 11.5. The Morgan fingerprint density at radius 2 is 1.94 bits per heavy atom. The standard InChI is InChI=1S/C13H15NO3/c1-9-6-4-5-7-11(9)8-12(13(16)17-3)14-10(2)15/h4-8H,1-3H3,(H,14,15)/b12-8-. The van der Waals surface area contributed by atoms with Crippen LogP contribution in [0, 0.1) is 6.92 Å². The maximum atomic E-state index is 11.5. The van der Waals surface area contributed by atoms with E-state index in [1.807, 2.05) is 31.2 Å². The molecule has 0 aromatic heterocycles. The molecule has 0 saturated heterocycles. The van der Waals surface area contributed by atoms with Crippen molar-refractivity contribution in [3.05, 3.63) is 41.1 Å². The van der Waals surface area contributed by atoms with Crippen LogP contribution in [0.1, 0.15) is 18.1 Å². The lowest BCUT2D eigenvalue weighted by Gasteiger charge is -2.07. The van der Waals surface area contributed by atoms with Gasteiger partial charge in [-0.05, 0) is 24.1 Å². The van der Waals surface area contributed by atoms with Crippen LogP contribution in [0.3, 0.4) is 0 Å². The van der Waals surface area contributed by atoms with E-state index < -0.39 is 5.97 Å². The maximum Gasteiger partial charge on any atom is 0.354 e. The summed E-state index contributed by atoms with van der Waals surface area (Å²) in [5.41, 5.74) is 2.01. The molecule has 1 aromatic rings. The van der Waals surface area contributed by atoms with E-state index in [-0.39, 0.29) is 11.6 Å². The molecule has 0 fully saturated rings. The molecule has 0 aliphatic heterocycles. The van der Waals surface area contributed by atoms with E-state index in [0.717, 1.165) is 11.1 Å². The van der Waals surface area contributed by atoms with Crippen molar-refractivity contribution in [3.63, 3.8) is 0 Å². The summed E-state index contributed by atoms with van der Waals surface area (Å²) in [6.07, 6.45) is 1.60. The Morgan fingerprint density at radius 3 is 2.47 bits per heavy atom. The number of carbonyl (C=O) groups excluding carboxylic acids is 2. The summed E-state index contributed by atoms with van der Waals surface area (Å²) in [5.74, 6) is -0.876. The van der Waals surface area contributed by atoms with Gasteiger partial charge in [-0.3, -0.25) is 4.79 Å². The largest absolute Gasteiger partial charge is 0.464 e. The minimum Gasteiger partial charge on any atom is -0.464 e. The smallest absolute Gasteiger partial charge is 0.354 e. The summed E-state index contributed by atoms with van der Waals surface area (Å²) < 4.78 is 4.60. The Balaban J connectivity index is 3.09. The number of carbonyl (C=O) groups is 2. The second-order valence-corrected chi connectivity index (χ2v) is 3.59. The molecule has 0 radical (unpaired) electrons. The van der Waals surface area contributed by atoms with Crippen LogP contribution in [0.2, 0.25) is 0 Å². The van der Waals surface area contributed by atoms with Gasteiger partial charge in [-0.25, -0.2) is 4.79 Å². The highest BCUT2D eigenvalue weighted by molar-refractivity contribution is 5.97. The summed E-state index contributed by atoms with van der Waals surface area (Å²) in [4.78, 5) is 22.4. The molecule has 0 aliphatic carbocycles. The molecule has 0 saturated carbocycles. The number of amides is 1. The fraction of sp³-hybridized carbons (Fsp3) is 0.231. The third-order valence-electron chi connectivity index (χ3n) is 2.20. The highest BCUT2D eigenvalue weighted by Crippen LogP contribution is 2.11. The Labute approximate surface area is 100 Å². The van der Waals surface area contributed by atoms with Crippen LogP contribution >= 0.6 is 0 Å². The first-order valence-corrected chi connectivity index (χ1v) is 5.18. The van der Waals surface area contributed by atoms with Gasteiger partial charge in [-0.15, -0.1) is 0 Å². The molecule has 0 bridgehead atoms. The second kappa shape index (κ2) is 5.84. The second-order valence-electron chi connectivity index (χ2n) is 3.59. The van der Waals surface area contributed by atoms with Gasteiger partial charge in [0.25, 0.3) is 0 Å². The number of benzene rings is 1. The van der Waals surface area contributed by atoms with Gasteiger partial charge >= 0.3 is 5.97 Å². The number of hydrogen-bond donors (Lipinski definition) is 1. The third-order valence-corrected chi connectivity index (χ3v) is 2.20. The number of hydrogen-bond acceptors (Lipinski definition) is 3. The molecule has 1 aromatic carbocycles. The van der Waals surface area contributed by atoms with Gasteiger partial charge in [0.2, 0.25) is 5.91 Å². The van der Waals surface area contributed by atoms with E-state index in [2.05, 4.69) is 10.1 Å². The Bertz CT molecular complexity index is 463. The first-order chi connectivity index (χ1) is 8.04. The molecule has 4 nitrogen and oxygen atoms in total. The molecule has 90 valence electrons. The molecule has 4 heteroatoms. The Morgan fingerprint density at radius 1 is 1.29 bits per heavy atom. The van der Waals surface area contributed by atoms with Crippen molar-refractivity contribution >= 4 is 18.0 Å². The van der Waals surface area contributed by atoms with Crippen LogP contribution < -0.4 is 5.32 Å². The van der Waals surface area contributed by atoms with E-state index in [0.29, 0.717) is 0 Å². The van der Waals surface area contributed by atoms with Gasteiger partial charge in [-0.1, -0.05) is 24.3 Å². The van der Waals surface area contributed by atoms with Crippen LogP contribution in [0.25, 0.3) is 6.08 Å². The summed E-state index contributed by atoms with van der Waals surface area (Å²) in [5, 5.41) is 2.45. The van der Waals surface area contributed by atoms with Crippen molar-refractivity contribution in [1.82, 2.24) is 5.32 Å². The molecule has 1 rings (SSSR count). The van der Waals surface area contributed by atoms with Crippen molar-refractivity contribution in [3.8, 4) is 0 Å². The highest BCUT2D eigenvalue weighted by atomic mass is 16.5. The lowest BCUT2D eigenvalue weighted by molar-refractivity contribution is -0.137. The molecular formula is C13H15NO3. The third kappa shape index (κ3) is 3.75. The number of aryl methyl sites for hydroxylation is 1. The van der Waals surface area contributed by atoms with Crippen molar-refractivity contribution in [2.75, 3.05) is 7.11 Å². The first-order valence-electron chi connectivity index (χ1n) is 5.18. The Kier molecular flexibility index (Phi) is 4.46. The minimum atomic E-state index is -0.566. The van der Waals surface area contributed by atoms with Gasteiger partial charge in [-0.2, -0.15) is 0 Å². The van der Waals surface area contributed by atoms with E-state index >= 15 is 0 Å². The van der Waals surface area contributed by atoms with Gasteiger partial charge in [0.1, 0.15) is 5.70 Å². The van der Waals surface area contributed by atoms with Gasteiger partial charge < -0.3 is 10.1 Å². The zero-order chi connectivity index (χ0) is 12.8. The van der Waals surface area contributed by atoms with Crippen molar-refractivity contribution in [1.29, 1.82) is 0 Å². The van der Waals surface area contributed by atoms with Crippen molar-refractivity contribution in [2.45, 2.75) is 13.8 Å². The van der Waals surface area contributed by atoms with Gasteiger partial charge in [0.05, 0.1) is 7.11 Å². The van der Waals surface area contributed by atoms with E-state index in [4.69, 9.17) is 0 Å². The van der Waals surface area contributed by atoms with E-state index in [1.54, 1.807) is 6.08 Å². The number of methoxy groups -OCH3 is 1. The van der Waals surface area contributed by atoms with Crippen LogP contribution in [0.5, 0.6) is 0 Å². The minimum absolute atomic E-state index is 0.134. The Hall–Kier alpha value is -2.10. The van der Waals surface area contributed by atoms with Crippen molar-refractivity contribution in [2.24, 2.45) is 0 Å². The fourth-order valence-electron chi connectivity index (χ4n) is 1.35. The molecule has 0 unspecified atom stereocenters. The molecule has 0 heterocycles. The normalized spacial score (nSPS) is 10.9. The average molecular weight is 233 g/mol. The molecule has 0 spiro atoms. The summed E-state index contributed by atoms with van der Waals surface area (Å²) in [6.45, 7) is 3.27. The van der Waals surface area contributed by atoms with E-state index in [1.165, 1.54) is 14.0 Å². The summed E-state index contributed by atoms with van der Waals surface area (Å²) in [6, 6.07) is 7.55. The highest BCUT2D eigenvalue weighted by Gasteiger charge is 2.11. The van der Waals surface area contributed by atoms with Crippen LogP contribution in [0.4, 0.5) is 0 Å². The number of esters is 1. The lowest BCUT2D eigenvalue weighted by Crippen LogP contribution is -2.25. The number of ether oxygens (including phenoxy) is 1. The zero-order valence-corrected chi connectivity index (χ0v) is 10.1. The molecular weight excluding hydrogens is 218 g/mol. The van der Waals surface area contributed by atoms with Gasteiger partial charge in [0, 0.05) is 6.92 Å². The van der Waals surface area contributed by atoms with Crippen LogP contribution in [-0.4, -0.2) is 19.0 Å². The van der Waals surface area contributed by atoms with Gasteiger partial charge in [0.15, 0.2) is 0 Å². The van der Waals surface area contributed by atoms with Crippen LogP contribution in [0.15, 0.2) is 30.0 Å². The number of rotatable bonds is 3. The predicted octanol–water partition coefficient (Wildman–Crippen LogP) is 1.65. The first kappa shape index (κ1) is 13.0. The molecule has 1 amide bonds. The predicted molar refractivity (Wildman–Crippen MR) is 65.0 cm³/mol. The van der Waals surface area contributed by atoms with E-state index in [9.17, 15) is 9.59 Å². The molecule has 1 N–H and O–H groups in total. The summed E-state index contributed by atoms with van der Waals surface area (Å²) >= 11 is 0. The van der Waals surface area contributed by atoms with Crippen LogP contribution in [-0.2, 0) is 14.3 Å². The zero-order valence-electron chi connectivity index (χ0n) is 10.1. The molecule has 0 atom stereocenters. The number of nitrogens with one attached hydrogen (secondary N) is 1. The average Bonchev–Trinajstić information content (AvgIpc) is 2.29. The summed E-state index contributed by atoms with van der Waals surface area (Å²) in [7, 11) is 1.27. The quantitative estimate of drug-likeness (QED) is 0.638.